The summed E-state index contributed by atoms with van der Waals surface area (Å²) in [6.45, 7) is 20.8. The lowest BCUT2D eigenvalue weighted by atomic mass is 10.0. The predicted octanol–water partition coefficient (Wildman–Crippen LogP) is 5.14. The van der Waals surface area contributed by atoms with Crippen LogP contribution in [0, 0.1) is 5.92 Å². The molecule has 3 nitrogen and oxygen atoms in total. The lowest BCUT2D eigenvalue weighted by Crippen LogP contribution is -2.50. The second-order valence-electron chi connectivity index (χ2n) is 8.52. The Morgan fingerprint density at radius 1 is 1.05 bits per heavy atom. The van der Waals surface area contributed by atoms with Gasteiger partial charge in [-0.05, 0) is 44.8 Å². The fraction of sp³-hybridized carbons (Fsp3) is 0.938. The molecule has 0 aromatic rings. The maximum atomic E-state index is 12.3. The van der Waals surface area contributed by atoms with Gasteiger partial charge < -0.3 is 9.16 Å². The molecule has 0 aliphatic heterocycles. The largest absolute Gasteiger partial charge is 0.459 e. The van der Waals surface area contributed by atoms with Crippen molar-refractivity contribution in [3.05, 3.63) is 0 Å². The molecule has 0 bridgehead atoms. The van der Waals surface area contributed by atoms with Crippen molar-refractivity contribution in [2.75, 3.05) is 0 Å². The predicted molar refractivity (Wildman–Crippen MR) is 95.5 cm³/mol. The summed E-state index contributed by atoms with van der Waals surface area (Å²) >= 11 is 3.51. The number of carbonyl (C=O) groups is 1. The molecule has 0 saturated carbocycles. The third kappa shape index (κ3) is 6.83. The molecule has 0 aromatic heterocycles. The van der Waals surface area contributed by atoms with E-state index >= 15 is 0 Å². The van der Waals surface area contributed by atoms with Gasteiger partial charge in [0.15, 0.2) is 8.32 Å². The Kier molecular flexibility index (Phi) is 7.18. The summed E-state index contributed by atoms with van der Waals surface area (Å²) in [6.07, 6.45) is -0.180. The molecule has 0 heterocycles. The van der Waals surface area contributed by atoms with Crippen molar-refractivity contribution in [3.63, 3.8) is 0 Å². The molecule has 0 aromatic carbocycles. The molecule has 0 amide bonds. The van der Waals surface area contributed by atoms with Crippen LogP contribution >= 0.6 is 15.9 Å². The molecule has 0 aliphatic carbocycles. The van der Waals surface area contributed by atoms with Crippen molar-refractivity contribution in [1.82, 2.24) is 0 Å². The summed E-state index contributed by atoms with van der Waals surface area (Å²) in [7, 11) is -1.94. The molecule has 2 atom stereocenters. The molecule has 0 fully saturated rings. The Balaban J connectivity index is 5.12. The molecule has 126 valence electrons. The van der Waals surface area contributed by atoms with Crippen molar-refractivity contribution < 1.29 is 14.0 Å². The SMILES string of the molecule is CC(C)[C@H](O[Si](C)(C)C(C)(C)C)[C@H](Br)C(=O)OC(C)(C)C. The Labute approximate surface area is 140 Å². The highest BCUT2D eigenvalue weighted by Crippen LogP contribution is 2.39. The van der Waals surface area contributed by atoms with Crippen LogP contribution in [0.5, 0.6) is 0 Å². The number of rotatable bonds is 5. The van der Waals surface area contributed by atoms with Crippen molar-refractivity contribution in [2.45, 2.75) is 90.1 Å². The van der Waals surface area contributed by atoms with E-state index in [1.54, 1.807) is 0 Å². The average Bonchev–Trinajstić information content (AvgIpc) is 2.20. The van der Waals surface area contributed by atoms with E-state index in [-0.39, 0.29) is 23.0 Å². The Morgan fingerprint density at radius 3 is 1.76 bits per heavy atom. The highest BCUT2D eigenvalue weighted by Gasteiger charge is 2.43. The molecule has 0 N–H and O–H groups in total. The van der Waals surface area contributed by atoms with Crippen LogP contribution < -0.4 is 0 Å². The Morgan fingerprint density at radius 2 is 1.48 bits per heavy atom. The van der Waals surface area contributed by atoms with Gasteiger partial charge >= 0.3 is 5.97 Å². The molecule has 0 rings (SSSR count). The molecular formula is C16H33BrO3Si. The fourth-order valence-electron chi connectivity index (χ4n) is 1.54. The molecule has 0 radical (unpaired) electrons. The third-order valence-corrected chi connectivity index (χ3v) is 9.18. The Hall–Kier alpha value is 0.127. The zero-order valence-corrected chi connectivity index (χ0v) is 17.9. The maximum Gasteiger partial charge on any atom is 0.322 e. The first kappa shape index (κ1) is 21.1. The minimum atomic E-state index is -1.94. The first-order valence-electron chi connectivity index (χ1n) is 7.63. The van der Waals surface area contributed by atoms with Gasteiger partial charge in [-0.3, -0.25) is 4.79 Å². The zero-order valence-electron chi connectivity index (χ0n) is 15.3. The van der Waals surface area contributed by atoms with Gasteiger partial charge in [0.05, 0.1) is 6.10 Å². The minimum Gasteiger partial charge on any atom is -0.459 e. The van der Waals surface area contributed by atoms with E-state index in [0.29, 0.717) is 0 Å². The van der Waals surface area contributed by atoms with Crippen LogP contribution in [0.3, 0.4) is 0 Å². The summed E-state index contributed by atoms with van der Waals surface area (Å²) in [5, 5.41) is 0.112. The lowest BCUT2D eigenvalue weighted by Gasteiger charge is -2.41. The number of carbonyl (C=O) groups excluding carboxylic acids is 1. The van der Waals surface area contributed by atoms with Gasteiger partial charge in [-0.15, -0.1) is 0 Å². The van der Waals surface area contributed by atoms with Crippen LogP contribution in [-0.4, -0.2) is 30.8 Å². The van der Waals surface area contributed by atoms with Crippen LogP contribution in [0.25, 0.3) is 0 Å². The van der Waals surface area contributed by atoms with E-state index in [1.165, 1.54) is 0 Å². The monoisotopic (exact) mass is 380 g/mol. The summed E-state index contributed by atoms with van der Waals surface area (Å²) in [4.78, 5) is 11.9. The molecule has 0 saturated heterocycles. The highest BCUT2D eigenvalue weighted by atomic mass is 79.9. The van der Waals surface area contributed by atoms with Gasteiger partial charge in [-0.25, -0.2) is 0 Å². The number of hydrogen-bond donors (Lipinski definition) is 0. The van der Waals surface area contributed by atoms with Crippen LogP contribution in [0.2, 0.25) is 18.1 Å². The van der Waals surface area contributed by atoms with Crippen molar-refractivity contribution in [2.24, 2.45) is 5.92 Å². The topological polar surface area (TPSA) is 35.5 Å². The summed E-state index contributed by atoms with van der Waals surface area (Å²) in [5.41, 5.74) is -0.485. The molecule has 0 spiro atoms. The number of esters is 1. The smallest absolute Gasteiger partial charge is 0.322 e. The second-order valence-corrected chi connectivity index (χ2v) is 14.3. The van der Waals surface area contributed by atoms with Gasteiger partial charge in [0.1, 0.15) is 10.4 Å². The zero-order chi connectivity index (χ0) is 17.2. The van der Waals surface area contributed by atoms with Crippen molar-refractivity contribution in [3.8, 4) is 0 Å². The van der Waals surface area contributed by atoms with E-state index in [4.69, 9.17) is 9.16 Å². The van der Waals surface area contributed by atoms with Gasteiger partial charge in [0.25, 0.3) is 0 Å². The normalized spacial score (nSPS) is 16.8. The van der Waals surface area contributed by atoms with Crippen molar-refractivity contribution in [1.29, 1.82) is 0 Å². The van der Waals surface area contributed by atoms with Gasteiger partial charge in [0, 0.05) is 0 Å². The van der Waals surface area contributed by atoms with E-state index < -0.39 is 18.7 Å². The van der Waals surface area contributed by atoms with Crippen LogP contribution in [0.4, 0.5) is 0 Å². The van der Waals surface area contributed by atoms with Gasteiger partial charge in [0.2, 0.25) is 0 Å². The van der Waals surface area contributed by atoms with Crippen LogP contribution in [-0.2, 0) is 14.0 Å². The van der Waals surface area contributed by atoms with Crippen LogP contribution in [0.1, 0.15) is 55.4 Å². The minimum absolute atomic E-state index is 0.112. The van der Waals surface area contributed by atoms with Gasteiger partial charge in [-0.2, -0.15) is 0 Å². The highest BCUT2D eigenvalue weighted by molar-refractivity contribution is 9.10. The third-order valence-electron chi connectivity index (χ3n) is 3.81. The molecule has 21 heavy (non-hydrogen) atoms. The standard InChI is InChI=1S/C16H33BrO3Si/c1-11(2)13(20-21(9,10)16(6,7)8)12(17)14(18)19-15(3,4)5/h11-13H,1-10H3/t12-,13-/m0/s1. The summed E-state index contributed by atoms with van der Waals surface area (Å²) in [5.74, 6) is -0.0177. The quantitative estimate of drug-likeness (QED) is 0.376. The molecule has 0 aliphatic rings. The maximum absolute atomic E-state index is 12.3. The van der Waals surface area contributed by atoms with E-state index in [9.17, 15) is 4.79 Å². The lowest BCUT2D eigenvalue weighted by molar-refractivity contribution is -0.156. The summed E-state index contributed by atoms with van der Waals surface area (Å²) < 4.78 is 11.9. The molecule has 5 heteroatoms. The molecular weight excluding hydrogens is 348 g/mol. The molecule has 0 unspecified atom stereocenters. The van der Waals surface area contributed by atoms with Gasteiger partial charge in [-0.1, -0.05) is 50.5 Å². The van der Waals surface area contributed by atoms with Crippen molar-refractivity contribution >= 4 is 30.2 Å². The Bertz CT molecular complexity index is 354. The van der Waals surface area contributed by atoms with E-state index in [0.717, 1.165) is 0 Å². The first-order valence-corrected chi connectivity index (χ1v) is 11.5. The summed E-state index contributed by atoms with van der Waals surface area (Å²) in [6, 6.07) is 0. The number of ether oxygens (including phenoxy) is 1. The number of alkyl halides is 1. The van der Waals surface area contributed by atoms with E-state index in [2.05, 4.69) is 63.6 Å². The second kappa shape index (κ2) is 7.13. The van der Waals surface area contributed by atoms with E-state index in [1.807, 2.05) is 20.8 Å². The number of halogens is 1. The first-order chi connectivity index (χ1) is 9.08. The van der Waals surface area contributed by atoms with Crippen LogP contribution in [0.15, 0.2) is 0 Å². The average molecular weight is 381 g/mol. The fourth-order valence-corrected chi connectivity index (χ4v) is 4.00. The number of hydrogen-bond acceptors (Lipinski definition) is 3.